The number of hydrogen-bond donors (Lipinski definition) is 0. The van der Waals surface area contributed by atoms with Gasteiger partial charge in [-0.15, -0.1) is 0 Å². The SMILES string of the molecule is CN1c2ccc(Cl)cc2N(c2ccccc2)C(=O)c2c1ncn2CCCC(=O)OC(C)(C)C. The van der Waals surface area contributed by atoms with Crippen molar-refractivity contribution < 1.29 is 14.3 Å². The van der Waals surface area contributed by atoms with Crippen LogP contribution in [-0.4, -0.2) is 34.1 Å². The van der Waals surface area contributed by atoms with Gasteiger partial charge in [0.15, 0.2) is 11.5 Å². The predicted molar refractivity (Wildman–Crippen MR) is 130 cm³/mol. The number of ether oxygens (including phenoxy) is 1. The number of para-hydroxylation sites is 1. The number of halogens is 1. The Morgan fingerprint density at radius 3 is 2.52 bits per heavy atom. The lowest BCUT2D eigenvalue weighted by Gasteiger charge is -2.25. The normalized spacial score (nSPS) is 13.4. The van der Waals surface area contributed by atoms with E-state index in [0.29, 0.717) is 35.2 Å². The maximum Gasteiger partial charge on any atom is 0.306 e. The molecule has 0 saturated heterocycles. The molecule has 0 radical (unpaired) electrons. The van der Waals surface area contributed by atoms with Crippen LogP contribution in [0.4, 0.5) is 22.9 Å². The summed E-state index contributed by atoms with van der Waals surface area (Å²) in [6.07, 6.45) is 2.43. The molecule has 4 rings (SSSR count). The highest BCUT2D eigenvalue weighted by Crippen LogP contribution is 2.43. The largest absolute Gasteiger partial charge is 0.460 e. The van der Waals surface area contributed by atoms with Gasteiger partial charge < -0.3 is 14.2 Å². The molecule has 0 N–H and O–H groups in total. The minimum atomic E-state index is -0.523. The molecule has 1 aromatic heterocycles. The molecule has 1 aliphatic rings. The Bertz CT molecular complexity index is 1180. The maximum atomic E-state index is 13.9. The topological polar surface area (TPSA) is 67.7 Å². The summed E-state index contributed by atoms with van der Waals surface area (Å²) in [6, 6.07) is 14.9. The second-order valence-electron chi connectivity index (χ2n) is 8.97. The zero-order chi connectivity index (χ0) is 23.8. The molecule has 0 spiro atoms. The molecule has 0 atom stereocenters. The third-order valence-electron chi connectivity index (χ3n) is 5.30. The van der Waals surface area contributed by atoms with E-state index >= 15 is 0 Å². The number of carbonyl (C=O) groups is 2. The van der Waals surface area contributed by atoms with Crippen molar-refractivity contribution in [1.82, 2.24) is 9.55 Å². The fourth-order valence-electron chi connectivity index (χ4n) is 3.91. The summed E-state index contributed by atoms with van der Waals surface area (Å²) in [5.74, 6) is 0.0863. The van der Waals surface area contributed by atoms with Gasteiger partial charge in [0.2, 0.25) is 0 Å². The van der Waals surface area contributed by atoms with E-state index in [1.807, 2.05) is 73.7 Å². The number of esters is 1. The third kappa shape index (κ3) is 4.73. The van der Waals surface area contributed by atoms with Crippen LogP contribution in [0, 0.1) is 0 Å². The number of aromatic nitrogens is 2. The first-order valence-electron chi connectivity index (χ1n) is 10.9. The van der Waals surface area contributed by atoms with Crippen LogP contribution in [0.2, 0.25) is 5.02 Å². The number of nitrogens with zero attached hydrogens (tertiary/aromatic N) is 4. The van der Waals surface area contributed by atoms with Crippen molar-refractivity contribution in [3.05, 3.63) is 65.6 Å². The number of amides is 1. The first-order chi connectivity index (χ1) is 15.7. The van der Waals surface area contributed by atoms with E-state index in [9.17, 15) is 9.59 Å². The first-order valence-corrected chi connectivity index (χ1v) is 11.2. The Morgan fingerprint density at radius 2 is 1.82 bits per heavy atom. The highest BCUT2D eigenvalue weighted by Gasteiger charge is 2.34. The second kappa shape index (κ2) is 8.90. The molecule has 0 aliphatic carbocycles. The molecule has 7 nitrogen and oxygen atoms in total. The van der Waals surface area contributed by atoms with Gasteiger partial charge in [-0.2, -0.15) is 0 Å². The molecule has 172 valence electrons. The Balaban J connectivity index is 1.70. The van der Waals surface area contributed by atoms with Crippen molar-refractivity contribution in [1.29, 1.82) is 0 Å². The van der Waals surface area contributed by atoms with E-state index < -0.39 is 5.60 Å². The molecule has 1 aliphatic heterocycles. The minimum absolute atomic E-state index is 0.209. The summed E-state index contributed by atoms with van der Waals surface area (Å²) in [5, 5.41) is 0.538. The van der Waals surface area contributed by atoms with Crippen molar-refractivity contribution in [3.63, 3.8) is 0 Å². The maximum absolute atomic E-state index is 13.9. The highest BCUT2D eigenvalue weighted by atomic mass is 35.5. The Morgan fingerprint density at radius 1 is 1.09 bits per heavy atom. The van der Waals surface area contributed by atoms with Crippen LogP contribution in [0.3, 0.4) is 0 Å². The van der Waals surface area contributed by atoms with E-state index in [1.54, 1.807) is 23.4 Å². The number of fused-ring (bicyclic) bond motifs is 2. The molecule has 0 saturated carbocycles. The molecular formula is C25H27ClN4O3. The summed E-state index contributed by atoms with van der Waals surface area (Å²) in [7, 11) is 1.88. The molecule has 3 aromatic rings. The van der Waals surface area contributed by atoms with Crippen molar-refractivity contribution in [2.75, 3.05) is 16.8 Å². The molecule has 0 fully saturated rings. The van der Waals surface area contributed by atoms with Crippen LogP contribution in [0.5, 0.6) is 0 Å². The number of benzene rings is 2. The van der Waals surface area contributed by atoms with Crippen LogP contribution in [0.1, 0.15) is 44.1 Å². The van der Waals surface area contributed by atoms with Crippen molar-refractivity contribution >= 4 is 46.4 Å². The summed E-state index contributed by atoms with van der Waals surface area (Å²) in [6.45, 7) is 5.99. The van der Waals surface area contributed by atoms with Crippen LogP contribution in [0.15, 0.2) is 54.9 Å². The van der Waals surface area contributed by atoms with E-state index in [0.717, 1.165) is 11.4 Å². The summed E-state index contributed by atoms with van der Waals surface area (Å²) in [4.78, 5) is 34.2. The standard InChI is InChI=1S/C25H27ClN4O3/c1-25(2,3)33-21(31)11-8-14-29-16-27-23-22(29)24(32)30(18-9-6-5-7-10-18)20-15-17(26)12-13-19(20)28(23)4/h5-7,9-10,12-13,15-16H,8,11,14H2,1-4H3. The predicted octanol–water partition coefficient (Wildman–Crippen LogP) is 5.72. The van der Waals surface area contributed by atoms with E-state index in [-0.39, 0.29) is 18.3 Å². The molecule has 8 heteroatoms. The molecule has 0 bridgehead atoms. The average molecular weight is 467 g/mol. The van der Waals surface area contributed by atoms with Crippen molar-refractivity contribution in [2.24, 2.45) is 0 Å². The van der Waals surface area contributed by atoms with Gasteiger partial charge in [0.05, 0.1) is 17.7 Å². The average Bonchev–Trinajstić information content (AvgIpc) is 3.13. The zero-order valence-corrected chi connectivity index (χ0v) is 20.0. The highest BCUT2D eigenvalue weighted by molar-refractivity contribution is 6.31. The van der Waals surface area contributed by atoms with Gasteiger partial charge >= 0.3 is 5.97 Å². The van der Waals surface area contributed by atoms with Crippen LogP contribution >= 0.6 is 11.6 Å². The van der Waals surface area contributed by atoms with E-state index in [2.05, 4.69) is 4.98 Å². The second-order valence-corrected chi connectivity index (χ2v) is 9.40. The van der Waals surface area contributed by atoms with Crippen LogP contribution in [0.25, 0.3) is 0 Å². The number of aryl methyl sites for hydroxylation is 1. The van der Waals surface area contributed by atoms with E-state index in [1.165, 1.54) is 0 Å². The van der Waals surface area contributed by atoms with Gasteiger partial charge in [-0.1, -0.05) is 29.8 Å². The molecule has 0 unspecified atom stereocenters. The third-order valence-corrected chi connectivity index (χ3v) is 5.53. The monoisotopic (exact) mass is 466 g/mol. The van der Waals surface area contributed by atoms with Gasteiger partial charge in [0.1, 0.15) is 5.60 Å². The Kier molecular flexibility index (Phi) is 6.17. The van der Waals surface area contributed by atoms with Crippen molar-refractivity contribution in [3.8, 4) is 0 Å². The number of anilines is 4. The minimum Gasteiger partial charge on any atom is -0.460 e. The summed E-state index contributed by atoms with van der Waals surface area (Å²) >= 11 is 6.32. The van der Waals surface area contributed by atoms with Crippen molar-refractivity contribution in [2.45, 2.75) is 45.8 Å². The number of hydrogen-bond acceptors (Lipinski definition) is 5. The lowest BCUT2D eigenvalue weighted by atomic mass is 10.2. The molecule has 2 heterocycles. The van der Waals surface area contributed by atoms with Gasteiger partial charge in [-0.25, -0.2) is 4.98 Å². The summed E-state index contributed by atoms with van der Waals surface area (Å²) < 4.78 is 7.20. The van der Waals surface area contributed by atoms with Crippen LogP contribution in [-0.2, 0) is 16.1 Å². The van der Waals surface area contributed by atoms with E-state index in [4.69, 9.17) is 16.3 Å². The quantitative estimate of drug-likeness (QED) is 0.450. The first kappa shape index (κ1) is 22.9. The lowest BCUT2D eigenvalue weighted by molar-refractivity contribution is -0.154. The molecular weight excluding hydrogens is 440 g/mol. The molecule has 1 amide bonds. The fraction of sp³-hybridized carbons (Fsp3) is 0.320. The van der Waals surface area contributed by atoms with Gasteiger partial charge in [-0.3, -0.25) is 14.5 Å². The number of carbonyl (C=O) groups excluding carboxylic acids is 2. The Labute approximate surface area is 198 Å². The molecule has 2 aromatic carbocycles. The van der Waals surface area contributed by atoms with Gasteiger partial charge in [0.25, 0.3) is 5.91 Å². The number of rotatable bonds is 5. The number of imidazole rings is 1. The fourth-order valence-corrected chi connectivity index (χ4v) is 4.08. The Hall–Kier alpha value is -3.32. The van der Waals surface area contributed by atoms with Gasteiger partial charge in [-0.05, 0) is 57.5 Å². The summed E-state index contributed by atoms with van der Waals surface area (Å²) in [5.41, 5.74) is 2.16. The smallest absolute Gasteiger partial charge is 0.306 e. The zero-order valence-electron chi connectivity index (χ0n) is 19.2. The van der Waals surface area contributed by atoms with Gasteiger partial charge in [0, 0.05) is 30.7 Å². The van der Waals surface area contributed by atoms with Crippen LogP contribution < -0.4 is 9.80 Å². The molecule has 33 heavy (non-hydrogen) atoms. The lowest BCUT2D eigenvalue weighted by Crippen LogP contribution is -2.27.